The third kappa shape index (κ3) is 1.55. The van der Waals surface area contributed by atoms with E-state index in [1.54, 1.807) is 0 Å². The van der Waals surface area contributed by atoms with Crippen LogP contribution in [0.1, 0.15) is 33.6 Å². The van der Waals surface area contributed by atoms with Gasteiger partial charge in [-0.2, -0.15) is 0 Å². The van der Waals surface area contributed by atoms with Crippen LogP contribution in [0.2, 0.25) is 6.32 Å². The van der Waals surface area contributed by atoms with Gasteiger partial charge in [-0.25, -0.2) is 0 Å². The Bertz CT molecular complexity index is 332. The summed E-state index contributed by atoms with van der Waals surface area (Å²) in [7, 11) is -0.0515. The van der Waals surface area contributed by atoms with Crippen molar-refractivity contribution in [2.75, 3.05) is 0 Å². The zero-order valence-corrected chi connectivity index (χ0v) is 11.2. The lowest BCUT2D eigenvalue weighted by atomic mass is 9.73. The van der Waals surface area contributed by atoms with Crippen LogP contribution >= 0.6 is 0 Å². The summed E-state index contributed by atoms with van der Waals surface area (Å²) in [5.41, 5.74) is -0.0473. The van der Waals surface area contributed by atoms with Crippen LogP contribution in [0.25, 0.3) is 0 Å². The molecule has 0 N–H and O–H groups in total. The standard InChI is InChI=1S/C14H23BO2/c1-5-6-15-16-13-8-11-7-12(10(3)9(11)2)14(13,4)17-15/h5,9-13H,1,6-8H2,2-4H3/t9?,10-,11+,12+,13?,14+/m1/s1. The molecule has 17 heavy (non-hydrogen) atoms. The SMILES string of the molecule is C=CCB1OC2C[C@@H]3C[C@@H]([C@H](C)C3C)[C@]2(C)O1. The predicted molar refractivity (Wildman–Crippen MR) is 69.7 cm³/mol. The second-order valence-corrected chi connectivity index (χ2v) is 6.44. The highest BCUT2D eigenvalue weighted by Crippen LogP contribution is 2.57. The van der Waals surface area contributed by atoms with E-state index < -0.39 is 0 Å². The van der Waals surface area contributed by atoms with Gasteiger partial charge in [0.15, 0.2) is 0 Å². The molecule has 1 saturated heterocycles. The zero-order chi connectivity index (χ0) is 12.2. The fourth-order valence-electron chi connectivity index (χ4n) is 4.45. The molecule has 2 bridgehead atoms. The monoisotopic (exact) mass is 234 g/mol. The molecular weight excluding hydrogens is 211 g/mol. The van der Waals surface area contributed by atoms with Crippen LogP contribution < -0.4 is 0 Å². The Balaban J connectivity index is 1.85. The van der Waals surface area contributed by atoms with Crippen LogP contribution in [0.3, 0.4) is 0 Å². The molecule has 3 aliphatic rings. The molecule has 6 atom stereocenters. The van der Waals surface area contributed by atoms with E-state index in [2.05, 4.69) is 27.4 Å². The minimum atomic E-state index is -0.0515. The van der Waals surface area contributed by atoms with E-state index in [-0.39, 0.29) is 12.7 Å². The maximum Gasteiger partial charge on any atom is 0.461 e. The van der Waals surface area contributed by atoms with Crippen molar-refractivity contribution in [3.8, 4) is 0 Å². The fraction of sp³-hybridized carbons (Fsp3) is 0.857. The molecule has 0 amide bonds. The summed E-state index contributed by atoms with van der Waals surface area (Å²) in [6.45, 7) is 10.9. The number of allylic oxidation sites excluding steroid dienone is 1. The normalized spacial score (nSPS) is 52.6. The Labute approximate surface area is 105 Å². The van der Waals surface area contributed by atoms with Gasteiger partial charge in [0.1, 0.15) is 0 Å². The molecule has 2 unspecified atom stereocenters. The highest BCUT2D eigenvalue weighted by atomic mass is 16.7. The van der Waals surface area contributed by atoms with Gasteiger partial charge in [-0.3, -0.25) is 0 Å². The highest BCUT2D eigenvalue weighted by molar-refractivity contribution is 6.45. The van der Waals surface area contributed by atoms with Gasteiger partial charge in [0.2, 0.25) is 0 Å². The number of hydrogen-bond donors (Lipinski definition) is 0. The third-order valence-electron chi connectivity index (χ3n) is 5.72. The van der Waals surface area contributed by atoms with Gasteiger partial charge in [0, 0.05) is 6.32 Å². The van der Waals surface area contributed by atoms with Gasteiger partial charge in [-0.05, 0) is 43.4 Å². The van der Waals surface area contributed by atoms with Crippen molar-refractivity contribution in [1.82, 2.24) is 0 Å². The van der Waals surface area contributed by atoms with E-state index in [4.69, 9.17) is 9.31 Å². The summed E-state index contributed by atoms with van der Waals surface area (Å²) in [6.07, 6.45) is 5.54. The van der Waals surface area contributed by atoms with E-state index >= 15 is 0 Å². The van der Waals surface area contributed by atoms with Crippen LogP contribution in [0.15, 0.2) is 12.7 Å². The molecule has 0 aromatic rings. The first kappa shape index (κ1) is 11.8. The molecule has 2 aliphatic carbocycles. The van der Waals surface area contributed by atoms with Crippen LogP contribution in [0, 0.1) is 23.7 Å². The smallest absolute Gasteiger partial charge is 0.405 e. The zero-order valence-electron chi connectivity index (χ0n) is 11.2. The minimum absolute atomic E-state index is 0.0473. The molecule has 3 rings (SSSR count). The van der Waals surface area contributed by atoms with E-state index in [0.29, 0.717) is 12.0 Å². The molecule has 3 fully saturated rings. The molecule has 1 aliphatic heterocycles. The highest BCUT2D eigenvalue weighted by Gasteiger charge is 2.61. The molecule has 2 saturated carbocycles. The molecule has 1 heterocycles. The average Bonchev–Trinajstić information content (AvgIpc) is 2.73. The Morgan fingerprint density at radius 3 is 2.82 bits per heavy atom. The molecule has 0 radical (unpaired) electrons. The van der Waals surface area contributed by atoms with E-state index in [1.165, 1.54) is 12.8 Å². The Kier molecular flexibility index (Phi) is 2.68. The van der Waals surface area contributed by atoms with Gasteiger partial charge in [0.25, 0.3) is 0 Å². The van der Waals surface area contributed by atoms with E-state index in [1.807, 2.05) is 6.08 Å². The maximum atomic E-state index is 6.25. The van der Waals surface area contributed by atoms with Gasteiger partial charge in [-0.1, -0.05) is 19.9 Å². The molecule has 0 aromatic carbocycles. The Morgan fingerprint density at radius 1 is 1.35 bits per heavy atom. The van der Waals surface area contributed by atoms with Crippen molar-refractivity contribution >= 4 is 7.12 Å². The summed E-state index contributed by atoms with van der Waals surface area (Å²) < 4.78 is 12.3. The van der Waals surface area contributed by atoms with Crippen molar-refractivity contribution in [1.29, 1.82) is 0 Å². The number of rotatable bonds is 2. The Morgan fingerprint density at radius 2 is 2.12 bits per heavy atom. The first-order valence-corrected chi connectivity index (χ1v) is 7.00. The van der Waals surface area contributed by atoms with Crippen molar-refractivity contribution < 1.29 is 9.31 Å². The lowest BCUT2D eigenvalue weighted by Crippen LogP contribution is -2.47. The topological polar surface area (TPSA) is 18.5 Å². The first-order chi connectivity index (χ1) is 8.06. The summed E-state index contributed by atoms with van der Waals surface area (Å²) in [6, 6.07) is 0. The average molecular weight is 234 g/mol. The van der Waals surface area contributed by atoms with E-state index in [0.717, 1.165) is 24.1 Å². The van der Waals surface area contributed by atoms with Crippen molar-refractivity contribution in [2.45, 2.75) is 51.6 Å². The van der Waals surface area contributed by atoms with Crippen LogP contribution in [0.4, 0.5) is 0 Å². The van der Waals surface area contributed by atoms with Crippen LogP contribution in [0.5, 0.6) is 0 Å². The first-order valence-electron chi connectivity index (χ1n) is 7.00. The van der Waals surface area contributed by atoms with Gasteiger partial charge >= 0.3 is 7.12 Å². The molecule has 0 aromatic heterocycles. The molecular formula is C14H23BO2. The lowest BCUT2D eigenvalue weighted by Gasteiger charge is -2.41. The maximum absolute atomic E-state index is 6.25. The van der Waals surface area contributed by atoms with E-state index in [9.17, 15) is 0 Å². The second-order valence-electron chi connectivity index (χ2n) is 6.44. The predicted octanol–water partition coefficient (Wildman–Crippen LogP) is 3.15. The molecule has 3 heteroatoms. The summed E-state index contributed by atoms with van der Waals surface area (Å²) in [5.74, 6) is 3.11. The van der Waals surface area contributed by atoms with Crippen molar-refractivity contribution in [2.24, 2.45) is 23.7 Å². The van der Waals surface area contributed by atoms with Crippen LogP contribution in [-0.2, 0) is 9.31 Å². The van der Waals surface area contributed by atoms with Gasteiger partial charge in [-0.15, -0.1) is 6.58 Å². The summed E-state index contributed by atoms with van der Waals surface area (Å²) in [4.78, 5) is 0. The molecule has 2 nitrogen and oxygen atoms in total. The second kappa shape index (κ2) is 3.86. The van der Waals surface area contributed by atoms with Gasteiger partial charge < -0.3 is 9.31 Å². The minimum Gasteiger partial charge on any atom is -0.405 e. The molecule has 94 valence electrons. The summed E-state index contributed by atoms with van der Waals surface area (Å²) >= 11 is 0. The number of fused-ring (bicyclic) bond motifs is 4. The number of hydrogen-bond acceptors (Lipinski definition) is 2. The van der Waals surface area contributed by atoms with Crippen molar-refractivity contribution in [3.05, 3.63) is 12.7 Å². The van der Waals surface area contributed by atoms with Gasteiger partial charge in [0.05, 0.1) is 11.7 Å². The quantitative estimate of drug-likeness (QED) is 0.539. The third-order valence-corrected chi connectivity index (χ3v) is 5.72. The molecule has 0 spiro atoms. The largest absolute Gasteiger partial charge is 0.461 e. The fourth-order valence-corrected chi connectivity index (χ4v) is 4.45. The van der Waals surface area contributed by atoms with Crippen LogP contribution in [-0.4, -0.2) is 18.8 Å². The Hall–Kier alpha value is -0.275. The summed E-state index contributed by atoms with van der Waals surface area (Å²) in [5, 5.41) is 0. The van der Waals surface area contributed by atoms with Crippen molar-refractivity contribution in [3.63, 3.8) is 0 Å². The lowest BCUT2D eigenvalue weighted by molar-refractivity contribution is -0.0383.